The Labute approximate surface area is 151 Å². The highest BCUT2D eigenvalue weighted by molar-refractivity contribution is 5.41. The quantitative estimate of drug-likeness (QED) is 0.671. The van der Waals surface area contributed by atoms with Gasteiger partial charge in [0, 0.05) is 19.3 Å². The van der Waals surface area contributed by atoms with E-state index in [9.17, 15) is 9.50 Å². The normalized spacial score (nSPS) is 10.5. The van der Waals surface area contributed by atoms with Crippen molar-refractivity contribution in [2.45, 2.75) is 13.1 Å². The predicted molar refractivity (Wildman–Crippen MR) is 95.9 cm³/mol. The van der Waals surface area contributed by atoms with Crippen molar-refractivity contribution in [1.82, 2.24) is 10.3 Å². The van der Waals surface area contributed by atoms with Gasteiger partial charge in [0.15, 0.2) is 23.1 Å². The van der Waals surface area contributed by atoms with Gasteiger partial charge in [0.05, 0.1) is 13.3 Å². The molecule has 1 aromatic heterocycles. The summed E-state index contributed by atoms with van der Waals surface area (Å²) in [6.07, 6.45) is 3.15. The highest BCUT2D eigenvalue weighted by Crippen LogP contribution is 2.26. The fourth-order valence-electron chi connectivity index (χ4n) is 2.47. The molecule has 134 valence electrons. The number of phenols is 1. The number of phenolic OH excluding ortho intramolecular Hbond substituents is 1. The summed E-state index contributed by atoms with van der Waals surface area (Å²) in [6.45, 7) is 1.02. The maximum absolute atomic E-state index is 14.2. The summed E-state index contributed by atoms with van der Waals surface area (Å²) >= 11 is 0. The zero-order valence-electron chi connectivity index (χ0n) is 14.3. The van der Waals surface area contributed by atoms with Gasteiger partial charge in [-0.25, -0.2) is 4.39 Å². The Kier molecular flexibility index (Phi) is 5.66. The fraction of sp³-hybridized carbons (Fsp3) is 0.150. The lowest BCUT2D eigenvalue weighted by molar-refractivity contribution is 0.373. The number of nitrogens with one attached hydrogen (secondary N) is 1. The Morgan fingerprint density at radius 2 is 1.77 bits per heavy atom. The van der Waals surface area contributed by atoms with Gasteiger partial charge in [-0.2, -0.15) is 0 Å². The second kappa shape index (κ2) is 8.31. The summed E-state index contributed by atoms with van der Waals surface area (Å²) in [7, 11) is 1.50. The summed E-state index contributed by atoms with van der Waals surface area (Å²) < 4.78 is 24.7. The monoisotopic (exact) mass is 354 g/mol. The van der Waals surface area contributed by atoms with Crippen molar-refractivity contribution in [3.8, 4) is 23.0 Å². The fourth-order valence-corrected chi connectivity index (χ4v) is 2.47. The molecule has 0 amide bonds. The summed E-state index contributed by atoms with van der Waals surface area (Å²) in [5.74, 6) is 0.725. The summed E-state index contributed by atoms with van der Waals surface area (Å²) in [5.41, 5.74) is 1.69. The molecule has 2 N–H and O–H groups in total. The Morgan fingerprint density at radius 3 is 2.38 bits per heavy atom. The molecule has 0 fully saturated rings. The number of hydrogen-bond donors (Lipinski definition) is 2. The first-order valence-corrected chi connectivity index (χ1v) is 8.08. The first kappa shape index (κ1) is 17.7. The molecule has 26 heavy (non-hydrogen) atoms. The SMILES string of the molecule is COc1ccc(CNCc2ccc(Oc3cccnc3)c(F)c2)cc1O. The molecule has 0 aliphatic carbocycles. The molecular formula is C20H19FN2O3. The number of hydrogen-bond acceptors (Lipinski definition) is 5. The standard InChI is InChI=1S/C20H19FN2O3/c1-25-20-7-5-15(10-18(20)24)12-23-11-14-4-6-19(17(21)9-14)26-16-3-2-8-22-13-16/h2-10,13,23-24H,11-12H2,1H3. The molecule has 2 aromatic carbocycles. The van der Waals surface area contributed by atoms with Crippen LogP contribution in [0.15, 0.2) is 60.9 Å². The Balaban J connectivity index is 1.57. The molecule has 1 heterocycles. The predicted octanol–water partition coefficient (Wildman–Crippen LogP) is 4.02. The maximum Gasteiger partial charge on any atom is 0.166 e. The minimum Gasteiger partial charge on any atom is -0.504 e. The number of nitrogens with zero attached hydrogens (tertiary/aromatic N) is 1. The van der Waals surface area contributed by atoms with Gasteiger partial charge in [0.25, 0.3) is 0 Å². The molecule has 0 aliphatic heterocycles. The minimum absolute atomic E-state index is 0.0924. The molecule has 0 bridgehead atoms. The van der Waals surface area contributed by atoms with E-state index < -0.39 is 5.82 Å². The lowest BCUT2D eigenvalue weighted by atomic mass is 10.1. The van der Waals surface area contributed by atoms with Crippen LogP contribution in [-0.2, 0) is 13.1 Å². The van der Waals surface area contributed by atoms with Crippen molar-refractivity contribution in [2.24, 2.45) is 0 Å². The average Bonchev–Trinajstić information content (AvgIpc) is 2.65. The first-order valence-electron chi connectivity index (χ1n) is 8.08. The Morgan fingerprint density at radius 1 is 1.04 bits per heavy atom. The van der Waals surface area contributed by atoms with Crippen molar-refractivity contribution in [3.05, 3.63) is 77.9 Å². The third kappa shape index (κ3) is 4.49. The van der Waals surface area contributed by atoms with E-state index in [1.54, 1.807) is 42.6 Å². The summed E-state index contributed by atoms with van der Waals surface area (Å²) in [4.78, 5) is 3.93. The van der Waals surface area contributed by atoms with Crippen molar-refractivity contribution in [1.29, 1.82) is 0 Å². The number of rotatable bonds is 7. The van der Waals surface area contributed by atoms with E-state index >= 15 is 0 Å². The number of benzene rings is 2. The van der Waals surface area contributed by atoms with Crippen molar-refractivity contribution in [2.75, 3.05) is 7.11 Å². The van der Waals surface area contributed by atoms with Crippen LogP contribution in [-0.4, -0.2) is 17.2 Å². The highest BCUT2D eigenvalue weighted by atomic mass is 19.1. The molecule has 3 rings (SSSR count). The van der Waals surface area contributed by atoms with Gasteiger partial charge in [-0.15, -0.1) is 0 Å². The van der Waals surface area contributed by atoms with Crippen molar-refractivity contribution >= 4 is 0 Å². The molecule has 0 aliphatic rings. The molecular weight excluding hydrogens is 335 g/mol. The average molecular weight is 354 g/mol. The van der Waals surface area contributed by atoms with Gasteiger partial charge in [-0.05, 0) is 47.5 Å². The number of aromatic nitrogens is 1. The van der Waals surface area contributed by atoms with Gasteiger partial charge >= 0.3 is 0 Å². The van der Waals surface area contributed by atoms with E-state index in [-0.39, 0.29) is 11.5 Å². The van der Waals surface area contributed by atoms with Crippen LogP contribution in [0.5, 0.6) is 23.0 Å². The van der Waals surface area contributed by atoms with E-state index in [1.807, 2.05) is 6.07 Å². The summed E-state index contributed by atoms with van der Waals surface area (Å²) in [5, 5.41) is 13.0. The molecule has 0 radical (unpaired) electrons. The number of aromatic hydroxyl groups is 1. The number of halogens is 1. The van der Waals surface area contributed by atoms with Crippen LogP contribution in [0.1, 0.15) is 11.1 Å². The number of pyridine rings is 1. The van der Waals surface area contributed by atoms with Gasteiger partial charge < -0.3 is 19.9 Å². The van der Waals surface area contributed by atoms with Crippen molar-refractivity contribution in [3.63, 3.8) is 0 Å². The van der Waals surface area contributed by atoms with Crippen LogP contribution in [0.25, 0.3) is 0 Å². The lowest BCUT2D eigenvalue weighted by Gasteiger charge is -2.10. The molecule has 3 aromatic rings. The van der Waals surface area contributed by atoms with Gasteiger partial charge in [-0.1, -0.05) is 12.1 Å². The minimum atomic E-state index is -0.435. The molecule has 0 saturated carbocycles. The topological polar surface area (TPSA) is 63.6 Å². The van der Waals surface area contributed by atoms with Crippen molar-refractivity contribution < 1.29 is 19.0 Å². The van der Waals surface area contributed by atoms with Crippen LogP contribution in [0, 0.1) is 5.82 Å². The van der Waals surface area contributed by atoms with Crippen LogP contribution >= 0.6 is 0 Å². The van der Waals surface area contributed by atoms with E-state index in [2.05, 4.69) is 10.3 Å². The largest absolute Gasteiger partial charge is 0.504 e. The van der Waals surface area contributed by atoms with Gasteiger partial charge in [-0.3, -0.25) is 4.98 Å². The zero-order valence-corrected chi connectivity index (χ0v) is 14.3. The van der Waals surface area contributed by atoms with Gasteiger partial charge in [0.2, 0.25) is 0 Å². The van der Waals surface area contributed by atoms with E-state index in [0.29, 0.717) is 24.6 Å². The molecule has 6 heteroatoms. The first-order chi connectivity index (χ1) is 12.7. The Hall–Kier alpha value is -3.12. The number of methoxy groups -OCH3 is 1. The smallest absolute Gasteiger partial charge is 0.166 e. The molecule has 0 unspecified atom stereocenters. The third-order valence-corrected chi connectivity index (χ3v) is 3.76. The molecule has 0 saturated heterocycles. The second-order valence-electron chi connectivity index (χ2n) is 5.67. The molecule has 5 nitrogen and oxygen atoms in total. The third-order valence-electron chi connectivity index (χ3n) is 3.76. The van der Waals surface area contributed by atoms with Gasteiger partial charge in [0.1, 0.15) is 5.75 Å². The Bertz CT molecular complexity index is 872. The number of ether oxygens (including phenoxy) is 2. The van der Waals surface area contributed by atoms with E-state index in [4.69, 9.17) is 9.47 Å². The van der Waals surface area contributed by atoms with Crippen LogP contribution in [0.2, 0.25) is 0 Å². The molecule has 0 atom stereocenters. The molecule has 0 spiro atoms. The summed E-state index contributed by atoms with van der Waals surface area (Å²) in [6, 6.07) is 13.5. The maximum atomic E-state index is 14.2. The highest BCUT2D eigenvalue weighted by Gasteiger charge is 2.07. The zero-order chi connectivity index (χ0) is 18.4. The van der Waals surface area contributed by atoms with Crippen LogP contribution in [0.4, 0.5) is 4.39 Å². The van der Waals surface area contributed by atoms with E-state index in [1.165, 1.54) is 19.4 Å². The lowest BCUT2D eigenvalue weighted by Crippen LogP contribution is -2.12. The van der Waals surface area contributed by atoms with E-state index in [0.717, 1.165) is 11.1 Å². The second-order valence-corrected chi connectivity index (χ2v) is 5.67. The van der Waals surface area contributed by atoms with Crippen LogP contribution in [0.3, 0.4) is 0 Å². The van der Waals surface area contributed by atoms with Crippen LogP contribution < -0.4 is 14.8 Å².